The molecule has 4 rings (SSSR count). The average Bonchev–Trinajstić information content (AvgIpc) is 3.42. The lowest BCUT2D eigenvalue weighted by Gasteiger charge is -2.25. The molecule has 4 heterocycles. The largest absolute Gasteiger partial charge is 0.378 e. The smallest absolute Gasteiger partial charge is 0.276 e. The monoisotopic (exact) mass is 411 g/mol. The second-order valence-electron chi connectivity index (χ2n) is 6.89. The van der Waals surface area contributed by atoms with Crippen LogP contribution in [0, 0.1) is 0 Å². The third-order valence-corrected chi connectivity index (χ3v) is 5.54. The first-order chi connectivity index (χ1) is 13.4. The number of rotatable bonds is 4. The third-order valence-electron chi connectivity index (χ3n) is 4.86. The molecule has 2 aromatic heterocycles. The van der Waals surface area contributed by atoms with Gasteiger partial charge in [0.1, 0.15) is 0 Å². The summed E-state index contributed by atoms with van der Waals surface area (Å²) in [5.74, 6) is -3.64. The Labute approximate surface area is 163 Å². The van der Waals surface area contributed by atoms with Gasteiger partial charge in [0.2, 0.25) is 0 Å². The fourth-order valence-corrected chi connectivity index (χ4v) is 4.11. The highest BCUT2D eigenvalue weighted by molar-refractivity contribution is 7.08. The molecule has 0 radical (unpaired) electrons. The van der Waals surface area contributed by atoms with Gasteiger partial charge in [-0.15, -0.1) is 5.10 Å². The number of halogens is 2. The van der Waals surface area contributed by atoms with Crippen LogP contribution in [0.1, 0.15) is 27.3 Å². The molecule has 0 aliphatic carbocycles. The molecule has 0 saturated carbocycles. The molecular formula is C17H19F2N5O3S. The van der Waals surface area contributed by atoms with E-state index >= 15 is 0 Å². The number of carbonyl (C=O) groups is 2. The summed E-state index contributed by atoms with van der Waals surface area (Å²) in [5, 5.41) is 11.2. The van der Waals surface area contributed by atoms with E-state index in [-0.39, 0.29) is 18.1 Å². The quantitative estimate of drug-likeness (QED) is 0.759. The Balaban J connectivity index is 1.47. The zero-order valence-electron chi connectivity index (χ0n) is 15.0. The number of hydrogen-bond donors (Lipinski definition) is 0. The van der Waals surface area contributed by atoms with Gasteiger partial charge in [0.25, 0.3) is 17.7 Å². The maximum atomic E-state index is 14.0. The summed E-state index contributed by atoms with van der Waals surface area (Å²) >= 11 is 1.34. The van der Waals surface area contributed by atoms with Crippen molar-refractivity contribution in [2.45, 2.75) is 24.9 Å². The molecule has 8 nitrogen and oxygen atoms in total. The number of ether oxygens (including phenoxy) is 1. The summed E-state index contributed by atoms with van der Waals surface area (Å²) in [6, 6.07) is 0.894. The van der Waals surface area contributed by atoms with Crippen LogP contribution < -0.4 is 0 Å². The van der Waals surface area contributed by atoms with Crippen LogP contribution in [0.3, 0.4) is 0 Å². The Morgan fingerprint density at radius 3 is 2.79 bits per heavy atom. The van der Waals surface area contributed by atoms with E-state index in [0.29, 0.717) is 31.9 Å². The number of hydrogen-bond acceptors (Lipinski definition) is 6. The van der Waals surface area contributed by atoms with Gasteiger partial charge in [-0.3, -0.25) is 9.59 Å². The van der Waals surface area contributed by atoms with Crippen LogP contribution in [0.15, 0.2) is 23.0 Å². The van der Waals surface area contributed by atoms with E-state index < -0.39 is 30.8 Å². The van der Waals surface area contributed by atoms with Gasteiger partial charge in [0.15, 0.2) is 5.69 Å². The molecule has 1 atom stereocenters. The normalized spacial score (nSPS) is 21.9. The third kappa shape index (κ3) is 3.90. The lowest BCUT2D eigenvalue weighted by atomic mass is 10.2. The molecule has 2 fully saturated rings. The van der Waals surface area contributed by atoms with Gasteiger partial charge in [-0.1, -0.05) is 5.21 Å². The zero-order chi connectivity index (χ0) is 19.7. The molecule has 28 heavy (non-hydrogen) atoms. The summed E-state index contributed by atoms with van der Waals surface area (Å²) in [4.78, 5) is 27.9. The van der Waals surface area contributed by atoms with Crippen molar-refractivity contribution in [2.75, 3.05) is 32.8 Å². The number of likely N-dealkylation sites (tertiary alicyclic amines) is 1. The Bertz CT molecular complexity index is 851. The first kappa shape index (κ1) is 18.9. The number of nitrogens with zero attached hydrogens (tertiary/aromatic N) is 5. The van der Waals surface area contributed by atoms with Gasteiger partial charge < -0.3 is 14.5 Å². The van der Waals surface area contributed by atoms with Gasteiger partial charge in [0, 0.05) is 24.9 Å². The van der Waals surface area contributed by atoms with E-state index in [1.54, 1.807) is 21.7 Å². The lowest BCUT2D eigenvalue weighted by Crippen LogP contribution is -2.40. The van der Waals surface area contributed by atoms with E-state index in [4.69, 9.17) is 4.74 Å². The molecule has 2 aliphatic rings. The number of aromatic nitrogens is 3. The maximum absolute atomic E-state index is 14.0. The van der Waals surface area contributed by atoms with Crippen molar-refractivity contribution in [3.63, 3.8) is 0 Å². The van der Waals surface area contributed by atoms with E-state index in [1.165, 1.54) is 27.1 Å². The second-order valence-corrected chi connectivity index (χ2v) is 7.67. The highest BCUT2D eigenvalue weighted by atomic mass is 32.1. The molecule has 2 saturated heterocycles. The maximum Gasteiger partial charge on any atom is 0.276 e. The summed E-state index contributed by atoms with van der Waals surface area (Å²) in [7, 11) is 0. The molecule has 11 heteroatoms. The predicted octanol–water partition coefficient (Wildman–Crippen LogP) is 1.36. The SMILES string of the molecule is O=C(c1cn(C[C@@H]2CC(F)(F)CN2C(=O)c2ccsc2)nn1)N1CCOCC1. The average molecular weight is 411 g/mol. The van der Waals surface area contributed by atoms with Crippen molar-refractivity contribution in [3.05, 3.63) is 34.3 Å². The van der Waals surface area contributed by atoms with Crippen molar-refractivity contribution >= 4 is 23.2 Å². The molecule has 0 unspecified atom stereocenters. The van der Waals surface area contributed by atoms with Crippen molar-refractivity contribution < 1.29 is 23.1 Å². The van der Waals surface area contributed by atoms with Gasteiger partial charge in [-0.25, -0.2) is 13.5 Å². The van der Waals surface area contributed by atoms with Crippen LogP contribution in [0.25, 0.3) is 0 Å². The summed E-state index contributed by atoms with van der Waals surface area (Å²) in [6.07, 6.45) is 0.997. The lowest BCUT2D eigenvalue weighted by molar-refractivity contribution is 0.0117. The molecular weight excluding hydrogens is 392 g/mol. The molecule has 0 bridgehead atoms. The molecule has 0 N–H and O–H groups in total. The minimum Gasteiger partial charge on any atom is -0.378 e. The molecule has 0 spiro atoms. The van der Waals surface area contributed by atoms with Gasteiger partial charge in [0.05, 0.1) is 44.1 Å². The van der Waals surface area contributed by atoms with Crippen molar-refractivity contribution in [2.24, 2.45) is 0 Å². The standard InChI is InChI=1S/C17H19F2N5O3S/c18-17(19)7-13(24(11-17)15(25)12-1-6-28-10-12)8-23-9-14(20-21-23)16(26)22-2-4-27-5-3-22/h1,6,9-10,13H,2-5,7-8,11H2/t13-/m0/s1. The van der Waals surface area contributed by atoms with Gasteiger partial charge >= 0.3 is 0 Å². The Kier molecular flexibility index (Phi) is 5.11. The Hall–Kier alpha value is -2.40. The molecule has 2 amide bonds. The topological polar surface area (TPSA) is 80.6 Å². The number of carbonyl (C=O) groups excluding carboxylic acids is 2. The predicted molar refractivity (Wildman–Crippen MR) is 95.5 cm³/mol. The molecule has 2 aromatic rings. The first-order valence-electron chi connectivity index (χ1n) is 8.91. The van der Waals surface area contributed by atoms with E-state index in [9.17, 15) is 18.4 Å². The highest BCUT2D eigenvalue weighted by Crippen LogP contribution is 2.34. The van der Waals surface area contributed by atoms with Crippen LogP contribution in [0.5, 0.6) is 0 Å². The number of amides is 2. The number of alkyl halides is 2. The van der Waals surface area contributed by atoms with Crippen LogP contribution in [0.4, 0.5) is 8.78 Å². The highest BCUT2D eigenvalue weighted by Gasteiger charge is 2.47. The second kappa shape index (κ2) is 7.55. The molecule has 150 valence electrons. The van der Waals surface area contributed by atoms with Crippen LogP contribution in [-0.2, 0) is 11.3 Å². The van der Waals surface area contributed by atoms with E-state index in [2.05, 4.69) is 10.3 Å². The van der Waals surface area contributed by atoms with Crippen LogP contribution in [-0.4, -0.2) is 81.4 Å². The summed E-state index contributed by atoms with van der Waals surface area (Å²) < 4.78 is 34.6. The van der Waals surface area contributed by atoms with E-state index in [1.807, 2.05) is 0 Å². The van der Waals surface area contributed by atoms with Gasteiger partial charge in [-0.05, 0) is 11.4 Å². The van der Waals surface area contributed by atoms with Crippen LogP contribution >= 0.6 is 11.3 Å². The summed E-state index contributed by atoms with van der Waals surface area (Å²) in [5.41, 5.74) is 0.553. The minimum atomic E-state index is -2.95. The van der Waals surface area contributed by atoms with Gasteiger partial charge in [-0.2, -0.15) is 11.3 Å². The van der Waals surface area contributed by atoms with Crippen molar-refractivity contribution in [3.8, 4) is 0 Å². The Morgan fingerprint density at radius 2 is 2.07 bits per heavy atom. The fraction of sp³-hybridized carbons (Fsp3) is 0.529. The zero-order valence-corrected chi connectivity index (χ0v) is 15.8. The number of thiophene rings is 1. The molecule has 2 aliphatic heterocycles. The minimum absolute atomic E-state index is 0.0505. The van der Waals surface area contributed by atoms with E-state index in [0.717, 1.165) is 0 Å². The number of morpholine rings is 1. The molecule has 0 aromatic carbocycles. The Morgan fingerprint density at radius 1 is 1.29 bits per heavy atom. The van der Waals surface area contributed by atoms with Crippen molar-refractivity contribution in [1.29, 1.82) is 0 Å². The fourth-order valence-electron chi connectivity index (χ4n) is 3.48. The van der Waals surface area contributed by atoms with Crippen molar-refractivity contribution in [1.82, 2.24) is 24.8 Å². The first-order valence-corrected chi connectivity index (χ1v) is 9.85. The summed E-state index contributed by atoms with van der Waals surface area (Å²) in [6.45, 7) is 1.32. The van der Waals surface area contributed by atoms with Crippen LogP contribution in [0.2, 0.25) is 0 Å².